The van der Waals surface area contributed by atoms with Gasteiger partial charge in [0.2, 0.25) is 5.91 Å². The third-order valence-electron chi connectivity index (χ3n) is 4.08. The predicted molar refractivity (Wildman–Crippen MR) is 84.0 cm³/mol. The summed E-state index contributed by atoms with van der Waals surface area (Å²) in [5.74, 6) is -0.135. The second kappa shape index (κ2) is 5.95. The Bertz CT molecular complexity index is 525. The minimum Gasteiger partial charge on any atom is -0.388 e. The number of nitrogens with two attached hydrogens (primary N) is 1. The van der Waals surface area contributed by atoms with Crippen molar-refractivity contribution in [1.29, 1.82) is 0 Å². The Morgan fingerprint density at radius 1 is 1.48 bits per heavy atom. The molecule has 1 aromatic rings. The minimum absolute atomic E-state index is 0.0846. The van der Waals surface area contributed by atoms with Gasteiger partial charge in [0.1, 0.15) is 0 Å². The minimum atomic E-state index is -0.960. The number of amides is 1. The molecule has 4 nitrogen and oxygen atoms in total. The largest absolute Gasteiger partial charge is 0.388 e. The van der Waals surface area contributed by atoms with Gasteiger partial charge in [-0.1, -0.05) is 23.7 Å². The molecule has 3 atom stereocenters. The average Bonchev–Trinajstić information content (AvgIpc) is 2.82. The summed E-state index contributed by atoms with van der Waals surface area (Å²) in [5, 5.41) is 11.0. The lowest BCUT2D eigenvalue weighted by molar-refractivity contribution is -0.140. The fourth-order valence-corrected chi connectivity index (χ4v) is 3.29. The highest BCUT2D eigenvalue weighted by Gasteiger charge is 2.44. The molecule has 1 fully saturated rings. The summed E-state index contributed by atoms with van der Waals surface area (Å²) >= 11 is 6.06. The first-order valence-electron chi connectivity index (χ1n) is 7.27. The topological polar surface area (TPSA) is 66.6 Å². The van der Waals surface area contributed by atoms with Crippen LogP contribution in [0.4, 0.5) is 0 Å². The lowest BCUT2D eigenvalue weighted by Crippen LogP contribution is -2.52. The molecule has 0 bridgehead atoms. The fourth-order valence-electron chi connectivity index (χ4n) is 3.09. The molecule has 1 saturated heterocycles. The van der Waals surface area contributed by atoms with E-state index in [2.05, 4.69) is 0 Å². The summed E-state index contributed by atoms with van der Waals surface area (Å²) < 4.78 is 0. The van der Waals surface area contributed by atoms with E-state index < -0.39 is 11.6 Å². The Morgan fingerprint density at radius 3 is 2.67 bits per heavy atom. The van der Waals surface area contributed by atoms with Crippen LogP contribution in [0.25, 0.3) is 0 Å². The van der Waals surface area contributed by atoms with Crippen molar-refractivity contribution in [3.63, 3.8) is 0 Å². The van der Waals surface area contributed by atoms with Gasteiger partial charge in [-0.3, -0.25) is 4.79 Å². The molecule has 0 saturated carbocycles. The van der Waals surface area contributed by atoms with Crippen LogP contribution in [0.3, 0.4) is 0 Å². The number of benzene rings is 1. The lowest BCUT2D eigenvalue weighted by atomic mass is 9.96. The molecule has 0 unspecified atom stereocenters. The molecular weight excluding hydrogens is 288 g/mol. The second-order valence-corrected chi connectivity index (χ2v) is 6.79. The van der Waals surface area contributed by atoms with Gasteiger partial charge in [-0.2, -0.15) is 0 Å². The van der Waals surface area contributed by atoms with Crippen molar-refractivity contribution in [1.82, 2.24) is 4.90 Å². The van der Waals surface area contributed by atoms with E-state index in [4.69, 9.17) is 17.3 Å². The highest BCUT2D eigenvalue weighted by atomic mass is 35.5. The molecular formula is C16H23ClN2O2. The summed E-state index contributed by atoms with van der Waals surface area (Å²) in [6.45, 7) is 5.15. The Kier molecular flexibility index (Phi) is 4.61. The molecule has 3 N–H and O–H groups in total. The predicted octanol–water partition coefficient (Wildman–Crippen LogP) is 2.49. The number of rotatable bonds is 3. The summed E-state index contributed by atoms with van der Waals surface area (Å²) in [6.07, 6.45) is 1.55. The maximum absolute atomic E-state index is 12.5. The van der Waals surface area contributed by atoms with Crippen LogP contribution in [-0.2, 0) is 4.79 Å². The van der Waals surface area contributed by atoms with Gasteiger partial charge in [-0.05, 0) is 51.3 Å². The van der Waals surface area contributed by atoms with E-state index in [0.717, 1.165) is 18.4 Å². The standard InChI is InChI=1S/C16H23ClN2O2/c1-10(18)15(20)19-13(7-8-14(19)16(2,3)21)11-5-4-6-12(17)9-11/h4-6,9-10,13-14,21H,7-8,18H2,1-3H3/t10-,13+,14-/m1/s1. The smallest absolute Gasteiger partial charge is 0.240 e. The fraction of sp³-hybridized carbons (Fsp3) is 0.562. The van der Waals surface area contributed by atoms with Gasteiger partial charge in [0.05, 0.1) is 23.7 Å². The Balaban J connectivity index is 2.39. The number of carbonyl (C=O) groups is 1. The Morgan fingerprint density at radius 2 is 2.14 bits per heavy atom. The van der Waals surface area contributed by atoms with Crippen LogP contribution >= 0.6 is 11.6 Å². The first-order valence-corrected chi connectivity index (χ1v) is 7.65. The first kappa shape index (κ1) is 16.3. The Hall–Kier alpha value is -1.10. The third kappa shape index (κ3) is 3.39. The summed E-state index contributed by atoms with van der Waals surface area (Å²) in [6, 6.07) is 6.62. The normalized spacial score (nSPS) is 24.2. The number of aliphatic hydroxyl groups is 1. The zero-order chi connectivity index (χ0) is 15.8. The monoisotopic (exact) mass is 310 g/mol. The zero-order valence-electron chi connectivity index (χ0n) is 12.7. The first-order chi connectivity index (χ1) is 9.71. The van der Waals surface area contributed by atoms with Crippen molar-refractivity contribution < 1.29 is 9.90 Å². The van der Waals surface area contributed by atoms with E-state index >= 15 is 0 Å². The zero-order valence-corrected chi connectivity index (χ0v) is 13.5. The number of hydrogen-bond donors (Lipinski definition) is 2. The van der Waals surface area contributed by atoms with E-state index in [0.29, 0.717) is 5.02 Å². The molecule has 0 aromatic heterocycles. The van der Waals surface area contributed by atoms with Crippen LogP contribution < -0.4 is 5.73 Å². The van der Waals surface area contributed by atoms with E-state index in [1.165, 1.54) is 0 Å². The van der Waals surface area contributed by atoms with Crippen molar-refractivity contribution in [2.24, 2.45) is 5.73 Å². The summed E-state index contributed by atoms with van der Waals surface area (Å²) in [5.41, 5.74) is 5.82. The van der Waals surface area contributed by atoms with Gasteiger partial charge in [0.15, 0.2) is 0 Å². The van der Waals surface area contributed by atoms with E-state index in [9.17, 15) is 9.90 Å². The lowest BCUT2D eigenvalue weighted by Gasteiger charge is -2.38. The molecule has 21 heavy (non-hydrogen) atoms. The van der Waals surface area contributed by atoms with Crippen LogP contribution in [0.15, 0.2) is 24.3 Å². The van der Waals surface area contributed by atoms with Gasteiger partial charge >= 0.3 is 0 Å². The third-order valence-corrected chi connectivity index (χ3v) is 4.31. The van der Waals surface area contributed by atoms with Gasteiger partial charge in [-0.25, -0.2) is 0 Å². The molecule has 1 aliphatic rings. The summed E-state index contributed by atoms with van der Waals surface area (Å²) in [7, 11) is 0. The van der Waals surface area contributed by atoms with Crippen LogP contribution in [0.1, 0.15) is 45.2 Å². The number of halogens is 1. The molecule has 116 valence electrons. The van der Waals surface area contributed by atoms with E-state index in [-0.39, 0.29) is 18.0 Å². The van der Waals surface area contributed by atoms with Gasteiger partial charge in [-0.15, -0.1) is 0 Å². The molecule has 1 aliphatic heterocycles. The highest BCUT2D eigenvalue weighted by molar-refractivity contribution is 6.30. The van der Waals surface area contributed by atoms with Crippen molar-refractivity contribution in [2.75, 3.05) is 0 Å². The highest BCUT2D eigenvalue weighted by Crippen LogP contribution is 2.40. The number of hydrogen-bond acceptors (Lipinski definition) is 3. The second-order valence-electron chi connectivity index (χ2n) is 6.35. The van der Waals surface area contributed by atoms with E-state index in [1.807, 2.05) is 24.3 Å². The van der Waals surface area contributed by atoms with Gasteiger partial charge in [0, 0.05) is 5.02 Å². The van der Waals surface area contributed by atoms with Crippen molar-refractivity contribution in [3.8, 4) is 0 Å². The number of carbonyl (C=O) groups excluding carboxylic acids is 1. The van der Waals surface area contributed by atoms with Crippen LogP contribution in [-0.4, -0.2) is 33.6 Å². The molecule has 5 heteroatoms. The van der Waals surface area contributed by atoms with Gasteiger partial charge in [0.25, 0.3) is 0 Å². The van der Waals surface area contributed by atoms with Crippen molar-refractivity contribution in [3.05, 3.63) is 34.9 Å². The molecule has 0 spiro atoms. The summed E-state index contributed by atoms with van der Waals surface area (Å²) in [4.78, 5) is 14.3. The van der Waals surface area contributed by atoms with Crippen LogP contribution in [0.5, 0.6) is 0 Å². The molecule has 1 amide bonds. The molecule has 0 aliphatic carbocycles. The molecule has 2 rings (SSSR count). The average molecular weight is 311 g/mol. The number of nitrogens with zero attached hydrogens (tertiary/aromatic N) is 1. The maximum atomic E-state index is 12.5. The van der Waals surface area contributed by atoms with Crippen molar-refractivity contribution >= 4 is 17.5 Å². The van der Waals surface area contributed by atoms with E-state index in [1.54, 1.807) is 25.7 Å². The van der Waals surface area contributed by atoms with Gasteiger partial charge < -0.3 is 15.7 Å². The SMILES string of the molecule is C[C@@H](N)C(=O)N1[C@H](c2cccc(Cl)c2)CC[C@@H]1C(C)(C)O. The maximum Gasteiger partial charge on any atom is 0.240 e. The van der Waals surface area contributed by atoms with Crippen molar-refractivity contribution in [2.45, 2.75) is 57.3 Å². The number of likely N-dealkylation sites (tertiary alicyclic amines) is 1. The van der Waals surface area contributed by atoms with Crippen LogP contribution in [0, 0.1) is 0 Å². The quantitative estimate of drug-likeness (QED) is 0.901. The van der Waals surface area contributed by atoms with Crippen LogP contribution in [0.2, 0.25) is 5.02 Å². The molecule has 0 radical (unpaired) electrons. The molecule has 1 aromatic carbocycles. The molecule has 1 heterocycles. The Labute approximate surface area is 130 Å².